The second-order valence-corrected chi connectivity index (χ2v) is 4.46. The molecule has 0 saturated heterocycles. The van der Waals surface area contributed by atoms with E-state index in [1.807, 2.05) is 0 Å². The Kier molecular flexibility index (Phi) is 5.49. The predicted octanol–water partition coefficient (Wildman–Crippen LogP) is 2.25. The van der Waals surface area contributed by atoms with E-state index < -0.39 is 47.7 Å². The zero-order valence-corrected chi connectivity index (χ0v) is 12.0. The summed E-state index contributed by atoms with van der Waals surface area (Å²) in [5.41, 5.74) is -6.52. The minimum Gasteiger partial charge on any atom is -0.462 e. The van der Waals surface area contributed by atoms with Crippen LogP contribution >= 0.6 is 0 Å². The molecular weight excluding hydrogens is 348 g/mol. The Morgan fingerprint density at radius 2 is 1.75 bits per heavy atom. The molecular formula is C13H11F6NO4. The Balaban J connectivity index is 3.17. The van der Waals surface area contributed by atoms with Crippen LogP contribution in [0, 0.1) is 0 Å². The summed E-state index contributed by atoms with van der Waals surface area (Å²) in [6.45, 7) is 0.625. The lowest BCUT2D eigenvalue weighted by atomic mass is 10.1. The van der Waals surface area contributed by atoms with Gasteiger partial charge in [0.05, 0.1) is 12.2 Å². The highest BCUT2D eigenvalue weighted by atomic mass is 19.4. The number of benzene rings is 1. The fourth-order valence-corrected chi connectivity index (χ4v) is 1.55. The maximum absolute atomic E-state index is 12.9. The fourth-order valence-electron chi connectivity index (χ4n) is 1.55. The third-order valence-corrected chi connectivity index (χ3v) is 2.73. The van der Waals surface area contributed by atoms with Crippen molar-refractivity contribution in [2.24, 2.45) is 0 Å². The number of hydrogen-bond acceptors (Lipinski definition) is 4. The molecule has 0 heterocycles. The number of alkyl halides is 6. The molecule has 1 atom stereocenters. The summed E-state index contributed by atoms with van der Waals surface area (Å²) in [5, 5.41) is 10.4. The lowest BCUT2D eigenvalue weighted by molar-refractivity contribution is -0.269. The molecule has 0 spiro atoms. The van der Waals surface area contributed by atoms with E-state index >= 15 is 0 Å². The van der Waals surface area contributed by atoms with Crippen molar-refractivity contribution >= 4 is 11.9 Å². The highest BCUT2D eigenvalue weighted by Crippen LogP contribution is 2.31. The topological polar surface area (TPSA) is 75.6 Å². The molecule has 1 rings (SSSR count). The number of ether oxygens (including phenoxy) is 1. The molecule has 1 aromatic rings. The molecule has 0 aliphatic carbocycles. The quantitative estimate of drug-likeness (QED) is 0.491. The molecule has 0 radical (unpaired) electrons. The normalized spacial score (nSPS) is 14.7. The van der Waals surface area contributed by atoms with Crippen molar-refractivity contribution in [2.75, 3.05) is 6.61 Å². The van der Waals surface area contributed by atoms with Crippen molar-refractivity contribution in [2.45, 2.75) is 25.0 Å². The summed E-state index contributed by atoms with van der Waals surface area (Å²) in [7, 11) is 0. The smallest absolute Gasteiger partial charge is 0.448 e. The van der Waals surface area contributed by atoms with E-state index in [0.717, 1.165) is 24.4 Å². The second-order valence-electron chi connectivity index (χ2n) is 4.46. The summed E-state index contributed by atoms with van der Waals surface area (Å²) in [5.74, 6) is -3.95. The maximum atomic E-state index is 12.9. The monoisotopic (exact) mass is 359 g/mol. The van der Waals surface area contributed by atoms with Crippen molar-refractivity contribution in [1.82, 2.24) is 5.32 Å². The van der Waals surface area contributed by atoms with Gasteiger partial charge in [-0.2, -0.15) is 26.3 Å². The largest absolute Gasteiger partial charge is 0.462 e. The van der Waals surface area contributed by atoms with E-state index in [0.29, 0.717) is 6.07 Å². The van der Waals surface area contributed by atoms with Crippen molar-refractivity contribution in [1.29, 1.82) is 0 Å². The first-order chi connectivity index (χ1) is 10.8. The van der Waals surface area contributed by atoms with Gasteiger partial charge in [0.25, 0.3) is 5.91 Å². The maximum Gasteiger partial charge on any atom is 0.448 e. The Morgan fingerprint density at radius 1 is 1.17 bits per heavy atom. The summed E-state index contributed by atoms with van der Waals surface area (Å²) in [6, 6.07) is 2.44. The number of rotatable bonds is 4. The summed E-state index contributed by atoms with van der Waals surface area (Å²) in [4.78, 5) is 23.1. The minimum absolute atomic E-state index is 0.275. The van der Waals surface area contributed by atoms with Crippen molar-refractivity contribution in [3.8, 4) is 0 Å². The van der Waals surface area contributed by atoms with Gasteiger partial charge in [0.15, 0.2) is 0 Å². The van der Waals surface area contributed by atoms with Crippen LogP contribution in [0.4, 0.5) is 26.3 Å². The average Bonchev–Trinajstić information content (AvgIpc) is 2.45. The summed E-state index contributed by atoms with van der Waals surface area (Å²) in [6.07, 6.45) is -10.5. The molecule has 1 aromatic carbocycles. The van der Waals surface area contributed by atoms with Crippen molar-refractivity contribution < 1.29 is 45.8 Å². The molecule has 24 heavy (non-hydrogen) atoms. The standard InChI is InChI=1S/C13H11F6NO4/c1-2-24-10(22)11(23,13(17,18)19)20-9(21)7-4-3-5-8(6-7)12(14,15)16/h3-6,23H,2H2,1H3,(H,20,21)/t11-/m0/s1. The molecule has 0 unspecified atom stereocenters. The third-order valence-electron chi connectivity index (χ3n) is 2.73. The van der Waals surface area contributed by atoms with E-state index in [2.05, 4.69) is 4.74 Å². The third kappa shape index (κ3) is 4.16. The van der Waals surface area contributed by atoms with Gasteiger partial charge in [-0.3, -0.25) is 4.79 Å². The zero-order chi connectivity index (χ0) is 18.8. The van der Waals surface area contributed by atoms with Crippen LogP contribution in [0.25, 0.3) is 0 Å². The Labute approximate surface area is 131 Å². The summed E-state index contributed by atoms with van der Waals surface area (Å²) < 4.78 is 80.3. The van der Waals surface area contributed by atoms with Crippen LogP contribution in [0.3, 0.4) is 0 Å². The van der Waals surface area contributed by atoms with E-state index in [1.165, 1.54) is 0 Å². The Morgan fingerprint density at radius 3 is 2.21 bits per heavy atom. The molecule has 0 aliphatic heterocycles. The molecule has 0 saturated carbocycles. The van der Waals surface area contributed by atoms with Gasteiger partial charge < -0.3 is 15.2 Å². The lowest BCUT2D eigenvalue weighted by Crippen LogP contribution is -2.64. The van der Waals surface area contributed by atoms with Crippen molar-refractivity contribution in [3.63, 3.8) is 0 Å². The van der Waals surface area contributed by atoms with Gasteiger partial charge in [0.1, 0.15) is 0 Å². The van der Waals surface area contributed by atoms with Crippen LogP contribution in [0.5, 0.6) is 0 Å². The van der Waals surface area contributed by atoms with Gasteiger partial charge in [-0.15, -0.1) is 0 Å². The molecule has 5 nitrogen and oxygen atoms in total. The Hall–Kier alpha value is -2.30. The van der Waals surface area contributed by atoms with Gasteiger partial charge >= 0.3 is 24.0 Å². The van der Waals surface area contributed by atoms with Gasteiger partial charge in [0.2, 0.25) is 0 Å². The molecule has 0 fully saturated rings. The number of hydrogen-bond donors (Lipinski definition) is 2. The molecule has 0 bridgehead atoms. The van der Waals surface area contributed by atoms with Crippen LogP contribution in [-0.2, 0) is 15.7 Å². The van der Waals surface area contributed by atoms with E-state index in [1.54, 1.807) is 0 Å². The van der Waals surface area contributed by atoms with Gasteiger partial charge in [-0.1, -0.05) is 6.07 Å². The fraction of sp³-hybridized carbons (Fsp3) is 0.385. The van der Waals surface area contributed by atoms with Gasteiger partial charge in [0, 0.05) is 5.56 Å². The van der Waals surface area contributed by atoms with Gasteiger partial charge in [-0.25, -0.2) is 4.79 Å². The molecule has 2 N–H and O–H groups in total. The number of nitrogens with one attached hydrogen (secondary N) is 1. The lowest BCUT2D eigenvalue weighted by Gasteiger charge is -2.28. The molecule has 0 aliphatic rings. The first-order valence-corrected chi connectivity index (χ1v) is 6.29. The Bertz CT molecular complexity index is 628. The molecule has 134 valence electrons. The van der Waals surface area contributed by atoms with Gasteiger partial charge in [-0.05, 0) is 25.1 Å². The number of esters is 1. The predicted molar refractivity (Wildman–Crippen MR) is 66.5 cm³/mol. The zero-order valence-electron chi connectivity index (χ0n) is 12.0. The van der Waals surface area contributed by atoms with E-state index in [9.17, 15) is 41.0 Å². The van der Waals surface area contributed by atoms with Crippen molar-refractivity contribution in [3.05, 3.63) is 35.4 Å². The number of carbonyl (C=O) groups excluding carboxylic acids is 2. The van der Waals surface area contributed by atoms with Crippen LogP contribution in [0.1, 0.15) is 22.8 Å². The highest BCUT2D eigenvalue weighted by molar-refractivity contribution is 5.98. The first kappa shape index (κ1) is 19.7. The summed E-state index contributed by atoms with van der Waals surface area (Å²) >= 11 is 0. The van der Waals surface area contributed by atoms with Crippen LogP contribution in [0.2, 0.25) is 0 Å². The number of carbonyl (C=O) groups is 2. The van der Waals surface area contributed by atoms with Crippen LogP contribution in [0.15, 0.2) is 24.3 Å². The number of amides is 1. The highest BCUT2D eigenvalue weighted by Gasteiger charge is 2.62. The SMILES string of the molecule is CCOC(=O)[C@@](O)(NC(=O)c1cccc(C(F)(F)F)c1)C(F)(F)F. The molecule has 11 heteroatoms. The molecule has 1 amide bonds. The number of aliphatic hydroxyl groups is 1. The van der Waals surface area contributed by atoms with Crippen LogP contribution < -0.4 is 5.32 Å². The van der Waals surface area contributed by atoms with E-state index in [4.69, 9.17) is 0 Å². The molecule has 0 aromatic heterocycles. The first-order valence-electron chi connectivity index (χ1n) is 6.29. The van der Waals surface area contributed by atoms with E-state index in [-0.39, 0.29) is 6.07 Å². The number of halogens is 6. The van der Waals surface area contributed by atoms with Crippen LogP contribution in [-0.4, -0.2) is 35.5 Å². The minimum atomic E-state index is -5.66. The second kappa shape index (κ2) is 6.67. The average molecular weight is 359 g/mol.